The highest BCUT2D eigenvalue weighted by molar-refractivity contribution is 5.84. The van der Waals surface area contributed by atoms with Gasteiger partial charge in [-0.2, -0.15) is 10.4 Å². The van der Waals surface area contributed by atoms with Crippen LogP contribution in [0.1, 0.15) is 46.7 Å². The summed E-state index contributed by atoms with van der Waals surface area (Å²) in [5, 5.41) is 16.9. The summed E-state index contributed by atoms with van der Waals surface area (Å²) in [6, 6.07) is 4.54. The first-order valence-corrected chi connectivity index (χ1v) is 11.9. The molecule has 3 fully saturated rings. The van der Waals surface area contributed by atoms with Gasteiger partial charge in [-0.05, 0) is 30.9 Å². The molecule has 2 aromatic heterocycles. The van der Waals surface area contributed by atoms with Gasteiger partial charge in [0.25, 0.3) is 5.92 Å². The largest absolute Gasteiger partial charge is 0.338 e. The normalized spacial score (nSPS) is 27.3. The quantitative estimate of drug-likeness (QED) is 0.649. The maximum Gasteiger partial charge on any atom is 0.260 e. The van der Waals surface area contributed by atoms with E-state index in [1.54, 1.807) is 17.1 Å². The number of alkyl halides is 2. The van der Waals surface area contributed by atoms with Gasteiger partial charge in [0.15, 0.2) is 0 Å². The second-order valence-corrected chi connectivity index (χ2v) is 10.2. The highest BCUT2D eigenvalue weighted by Crippen LogP contribution is 2.52. The Kier molecular flexibility index (Phi) is 5.82. The van der Waals surface area contributed by atoms with Gasteiger partial charge in [-0.15, -0.1) is 0 Å². The Labute approximate surface area is 210 Å². The first-order chi connectivity index (χ1) is 16.8. The van der Waals surface area contributed by atoms with Gasteiger partial charge in [0.2, 0.25) is 11.9 Å². The number of likely N-dealkylation sites (tertiary alicyclic amines) is 1. The molecule has 2 bridgehead atoms. The number of carbonyl (C=O) groups is 1. The van der Waals surface area contributed by atoms with Crippen molar-refractivity contribution in [1.82, 2.24) is 29.5 Å². The molecule has 1 aliphatic carbocycles. The maximum absolute atomic E-state index is 13.4. The third-order valence-electron chi connectivity index (χ3n) is 7.70. The number of fused-ring (bicyclic) bond motifs is 2. The fourth-order valence-electron chi connectivity index (χ4n) is 6.01. The second kappa shape index (κ2) is 8.62. The SMILES string of the molecule is C.Cn1cc(Nc2nccc(C3=CC4CCC(C3)N4C3(CC#N)CN(C(=O)[C@@H]4CC4(F)F)C3)n2)cn1.[HH]. The molecule has 1 amide bonds. The van der Waals surface area contributed by atoms with E-state index in [2.05, 4.69) is 32.4 Å². The number of aryl methyl sites for hydroxylation is 1. The number of hydrogen-bond acceptors (Lipinski definition) is 7. The van der Waals surface area contributed by atoms with Crippen molar-refractivity contribution in [2.45, 2.75) is 63.1 Å². The first kappa shape index (κ1) is 24.3. The Morgan fingerprint density at radius 1 is 1.36 bits per heavy atom. The summed E-state index contributed by atoms with van der Waals surface area (Å²) in [5.41, 5.74) is 2.34. The molecule has 6 rings (SSSR count). The van der Waals surface area contributed by atoms with E-state index in [9.17, 15) is 18.8 Å². The molecule has 11 heteroatoms. The van der Waals surface area contributed by atoms with Gasteiger partial charge >= 0.3 is 0 Å². The zero-order chi connectivity index (χ0) is 24.4. The number of aromatic nitrogens is 4. The molecule has 0 radical (unpaired) electrons. The summed E-state index contributed by atoms with van der Waals surface area (Å²) in [6.45, 7) is 0.684. The van der Waals surface area contributed by atoms with Crippen molar-refractivity contribution in [3.05, 3.63) is 36.4 Å². The molecule has 4 aliphatic rings. The minimum Gasteiger partial charge on any atom is -0.338 e. The number of nitriles is 1. The van der Waals surface area contributed by atoms with E-state index in [0.717, 1.165) is 36.2 Å². The van der Waals surface area contributed by atoms with Gasteiger partial charge in [0.05, 0.1) is 35.6 Å². The van der Waals surface area contributed by atoms with Crippen LogP contribution in [0.2, 0.25) is 0 Å². The van der Waals surface area contributed by atoms with Crippen LogP contribution in [-0.2, 0) is 11.8 Å². The molecular weight excluding hydrogens is 466 g/mol. The highest BCUT2D eigenvalue weighted by atomic mass is 19.3. The van der Waals surface area contributed by atoms with Gasteiger partial charge in [-0.3, -0.25) is 14.4 Å². The number of amides is 1. The fourth-order valence-corrected chi connectivity index (χ4v) is 6.01. The summed E-state index contributed by atoms with van der Waals surface area (Å²) < 4.78 is 28.5. The number of hydrogen-bond donors (Lipinski definition) is 1. The minimum atomic E-state index is -2.87. The topological polar surface area (TPSA) is 103 Å². The lowest BCUT2D eigenvalue weighted by atomic mass is 9.80. The van der Waals surface area contributed by atoms with E-state index in [1.807, 2.05) is 19.3 Å². The molecule has 2 saturated heterocycles. The average Bonchev–Trinajstić information content (AvgIpc) is 3.11. The molecular formula is C25H32F2N8O. The van der Waals surface area contributed by atoms with Crippen molar-refractivity contribution < 1.29 is 15.0 Å². The van der Waals surface area contributed by atoms with Crippen LogP contribution in [0.3, 0.4) is 0 Å². The lowest BCUT2D eigenvalue weighted by molar-refractivity contribution is -0.152. The molecule has 9 nitrogen and oxygen atoms in total. The lowest BCUT2D eigenvalue weighted by Gasteiger charge is -2.58. The Morgan fingerprint density at radius 2 is 2.14 bits per heavy atom. The molecule has 3 atom stereocenters. The van der Waals surface area contributed by atoms with Gasteiger partial charge in [0, 0.05) is 52.5 Å². The zero-order valence-electron chi connectivity index (χ0n) is 19.4. The van der Waals surface area contributed by atoms with Gasteiger partial charge < -0.3 is 10.2 Å². The van der Waals surface area contributed by atoms with Crippen LogP contribution in [0.15, 0.2) is 30.7 Å². The molecule has 3 aliphatic heterocycles. The van der Waals surface area contributed by atoms with Crippen LogP contribution >= 0.6 is 0 Å². The number of anilines is 2. The monoisotopic (exact) mass is 498 g/mol. The highest BCUT2D eigenvalue weighted by Gasteiger charge is 2.65. The summed E-state index contributed by atoms with van der Waals surface area (Å²) in [6.07, 6.45) is 10.2. The molecule has 0 spiro atoms. The van der Waals surface area contributed by atoms with Crippen LogP contribution in [0.4, 0.5) is 20.4 Å². The predicted octanol–water partition coefficient (Wildman–Crippen LogP) is 3.61. The van der Waals surface area contributed by atoms with Crippen LogP contribution in [0, 0.1) is 17.2 Å². The van der Waals surface area contributed by atoms with Crippen LogP contribution in [0.5, 0.6) is 0 Å². The average molecular weight is 499 g/mol. The Balaban J connectivity index is 0.00000160. The van der Waals surface area contributed by atoms with Crippen molar-refractivity contribution >= 4 is 23.1 Å². The Hall–Kier alpha value is -3.39. The lowest BCUT2D eigenvalue weighted by Crippen LogP contribution is -2.73. The van der Waals surface area contributed by atoms with E-state index in [1.165, 1.54) is 4.90 Å². The van der Waals surface area contributed by atoms with Crippen molar-refractivity contribution in [3.63, 3.8) is 0 Å². The molecule has 2 aromatic rings. The molecule has 2 unspecified atom stereocenters. The number of nitrogens with one attached hydrogen (secondary N) is 1. The van der Waals surface area contributed by atoms with Crippen LogP contribution < -0.4 is 5.32 Å². The third kappa shape index (κ3) is 4.03. The predicted molar refractivity (Wildman–Crippen MR) is 131 cm³/mol. The first-order valence-electron chi connectivity index (χ1n) is 11.9. The van der Waals surface area contributed by atoms with E-state index in [0.29, 0.717) is 19.0 Å². The van der Waals surface area contributed by atoms with Gasteiger partial charge in [-0.25, -0.2) is 18.7 Å². The minimum absolute atomic E-state index is 0. The Morgan fingerprint density at radius 3 is 2.78 bits per heavy atom. The van der Waals surface area contributed by atoms with E-state index in [-0.39, 0.29) is 33.8 Å². The van der Waals surface area contributed by atoms with Crippen molar-refractivity contribution in [3.8, 4) is 6.07 Å². The van der Waals surface area contributed by atoms with Crippen LogP contribution in [-0.4, -0.2) is 72.1 Å². The number of rotatable bonds is 6. The number of carbonyl (C=O) groups excluding carboxylic acids is 1. The summed E-state index contributed by atoms with van der Waals surface area (Å²) in [7, 11) is 1.84. The van der Waals surface area contributed by atoms with Gasteiger partial charge in [-0.1, -0.05) is 13.5 Å². The third-order valence-corrected chi connectivity index (χ3v) is 7.70. The zero-order valence-corrected chi connectivity index (χ0v) is 19.4. The summed E-state index contributed by atoms with van der Waals surface area (Å²) in [5.74, 6) is -4.02. The van der Waals surface area contributed by atoms with Crippen LogP contribution in [0.25, 0.3) is 5.57 Å². The molecule has 5 heterocycles. The van der Waals surface area contributed by atoms with Crippen molar-refractivity contribution in [2.24, 2.45) is 13.0 Å². The smallest absolute Gasteiger partial charge is 0.260 e. The molecule has 1 saturated carbocycles. The summed E-state index contributed by atoms with van der Waals surface area (Å²) >= 11 is 0. The number of nitrogens with zero attached hydrogens (tertiary/aromatic N) is 7. The molecule has 36 heavy (non-hydrogen) atoms. The molecule has 1 N–H and O–H groups in total. The van der Waals surface area contributed by atoms with Crippen molar-refractivity contribution in [1.29, 1.82) is 5.26 Å². The van der Waals surface area contributed by atoms with Gasteiger partial charge in [0.1, 0.15) is 5.92 Å². The van der Waals surface area contributed by atoms with Crippen molar-refractivity contribution in [2.75, 3.05) is 18.4 Å². The van der Waals surface area contributed by atoms with E-state index < -0.39 is 23.3 Å². The standard InChI is InChI=1S/C24H26F2N8O.CH4.H2/c1-32-12-16(11-29-32)30-22-28-7-4-20(31-22)15-8-17-2-3-18(9-15)34(17)23(5-6-27)13-33(14-23)21(35)19-10-24(19,25)26;;/h4,7-8,11-12,17-19H,2-3,5,9-10,13-14H2,1H3,(H,28,30,31);1H4;1H/t17?,18?,19-;;/m0../s1. The Bertz CT molecular complexity index is 1250. The second-order valence-electron chi connectivity index (χ2n) is 10.2. The molecule has 0 aromatic carbocycles. The fraction of sp³-hybridized carbons (Fsp3) is 0.560. The molecule has 192 valence electrons. The summed E-state index contributed by atoms with van der Waals surface area (Å²) in [4.78, 5) is 25.4. The van der Waals surface area contributed by atoms with E-state index >= 15 is 0 Å². The number of halogens is 2. The van der Waals surface area contributed by atoms with E-state index in [4.69, 9.17) is 4.98 Å². The maximum atomic E-state index is 13.4.